The molecule has 0 saturated heterocycles. The van der Waals surface area contributed by atoms with Gasteiger partial charge in [0.05, 0.1) is 0 Å². The van der Waals surface area contributed by atoms with E-state index in [9.17, 15) is 0 Å². The fraction of sp³-hybridized carbons (Fsp3) is 0.667. The molecule has 0 bridgehead atoms. The molecular formula is C6H22UV-2. The van der Waals surface area contributed by atoms with Gasteiger partial charge in [-0.15, -0.1) is 0 Å². The van der Waals surface area contributed by atoms with Gasteiger partial charge in [0.25, 0.3) is 0 Å². The molecule has 0 aromatic rings. The second-order valence-electron chi connectivity index (χ2n) is 0. The van der Waals surface area contributed by atoms with Crippen molar-refractivity contribution >= 4 is 0 Å². The van der Waals surface area contributed by atoms with Crippen LogP contribution in [0.3, 0.4) is 0 Å². The molecule has 0 saturated carbocycles. The molecule has 0 aliphatic heterocycles. The first-order chi connectivity index (χ1) is 0. The summed E-state index contributed by atoms with van der Waals surface area (Å²) in [6, 6.07) is 0. The van der Waals surface area contributed by atoms with Crippen molar-refractivity contribution in [3.8, 4) is 0 Å². The molecule has 1 radical (unpaired) electrons. The fourth-order valence-corrected chi connectivity index (χ4v) is 0. The Labute approximate surface area is 93.5 Å². The molecule has 2 heteroatoms. The Morgan fingerprint density at radius 3 is 0.500 bits per heavy atom. The molecule has 0 aromatic carbocycles. The van der Waals surface area contributed by atoms with E-state index < -0.39 is 0 Å². The van der Waals surface area contributed by atoms with Gasteiger partial charge in [0, 0.05) is 49.7 Å². The zero-order valence-corrected chi connectivity index (χ0v) is 8.51. The Bertz CT molecular complexity index is 8.49. The normalized spacial score (nSPS) is 0. The summed E-state index contributed by atoms with van der Waals surface area (Å²) in [5.74, 6) is 0. The molecular weight excluding hydrogens is 361 g/mol. The van der Waals surface area contributed by atoms with Crippen molar-refractivity contribution in [2.24, 2.45) is 0 Å². The van der Waals surface area contributed by atoms with Gasteiger partial charge in [-0.3, -0.25) is 0 Å². The average molecular weight is 383 g/mol. The maximum Gasteiger partial charge on any atom is 0 e. The van der Waals surface area contributed by atoms with Crippen molar-refractivity contribution in [2.75, 3.05) is 0 Å². The van der Waals surface area contributed by atoms with E-state index in [1.54, 1.807) is 0 Å². The summed E-state index contributed by atoms with van der Waals surface area (Å²) in [4.78, 5) is 0. The molecule has 0 heterocycles. The maximum atomic E-state index is 0. The molecule has 0 amide bonds. The van der Waals surface area contributed by atoms with Crippen LogP contribution in [0.25, 0.3) is 0 Å². The number of hydrogen-bond acceptors (Lipinski definition) is 0. The van der Waals surface area contributed by atoms with Gasteiger partial charge < -0.3 is 14.9 Å². The van der Waals surface area contributed by atoms with Crippen molar-refractivity contribution < 1.29 is 49.7 Å². The zero-order valence-electron chi connectivity index (χ0n) is 2.95. The minimum atomic E-state index is 0. The van der Waals surface area contributed by atoms with E-state index in [0.29, 0.717) is 0 Å². The minimum absolute atomic E-state index is 0. The first-order valence-corrected chi connectivity index (χ1v) is 0. The van der Waals surface area contributed by atoms with Crippen LogP contribution in [0.15, 0.2) is 0 Å². The summed E-state index contributed by atoms with van der Waals surface area (Å²) in [6.07, 6.45) is 0. The van der Waals surface area contributed by atoms with Crippen LogP contribution in [-0.2, 0) is 18.6 Å². The molecule has 57 valence electrons. The molecule has 0 aliphatic rings. The Hall–Kier alpha value is 1.64. The maximum absolute atomic E-state index is 0. The Balaban J connectivity index is 0. The van der Waals surface area contributed by atoms with Gasteiger partial charge in [-0.2, -0.15) is 0 Å². The monoisotopic (exact) mass is 383 g/mol. The molecule has 8 heavy (non-hydrogen) atoms. The van der Waals surface area contributed by atoms with Crippen molar-refractivity contribution in [1.29, 1.82) is 0 Å². The zero-order chi connectivity index (χ0) is 0. The van der Waals surface area contributed by atoms with Crippen LogP contribution in [0.1, 0.15) is 29.7 Å². The molecule has 0 aromatic heterocycles. The van der Waals surface area contributed by atoms with Gasteiger partial charge in [-0.1, -0.05) is 29.7 Å². The molecule has 0 fully saturated rings. The van der Waals surface area contributed by atoms with E-state index >= 15 is 0 Å². The summed E-state index contributed by atoms with van der Waals surface area (Å²) in [5.41, 5.74) is 0. The molecule has 0 rings (SSSR count). The van der Waals surface area contributed by atoms with Crippen LogP contribution < -0.4 is 0 Å². The molecule has 0 aliphatic carbocycles. The van der Waals surface area contributed by atoms with Gasteiger partial charge in [0.1, 0.15) is 0 Å². The SMILES string of the molecule is C.C.C.C.[CH3-].[CH3-].[U].[V]. The number of hydrogen-bond donors (Lipinski definition) is 0. The van der Waals surface area contributed by atoms with Crippen molar-refractivity contribution in [1.82, 2.24) is 0 Å². The van der Waals surface area contributed by atoms with E-state index in [1.165, 1.54) is 0 Å². The first-order valence-electron chi connectivity index (χ1n) is 0. The Morgan fingerprint density at radius 1 is 0.500 bits per heavy atom. The van der Waals surface area contributed by atoms with Crippen molar-refractivity contribution in [3.63, 3.8) is 0 Å². The topological polar surface area (TPSA) is 0 Å². The van der Waals surface area contributed by atoms with Crippen LogP contribution in [-0.4, -0.2) is 0 Å². The molecule has 0 spiro atoms. The first kappa shape index (κ1) is 268. The van der Waals surface area contributed by atoms with Crippen LogP contribution in [0.4, 0.5) is 0 Å². The van der Waals surface area contributed by atoms with Gasteiger partial charge in [0.2, 0.25) is 0 Å². The van der Waals surface area contributed by atoms with Gasteiger partial charge in [0.15, 0.2) is 0 Å². The average Bonchev–Trinajstić information content (AvgIpc) is 0. The van der Waals surface area contributed by atoms with Crippen molar-refractivity contribution in [3.05, 3.63) is 14.9 Å². The summed E-state index contributed by atoms with van der Waals surface area (Å²) < 4.78 is 0. The summed E-state index contributed by atoms with van der Waals surface area (Å²) in [5, 5.41) is 0. The van der Waals surface area contributed by atoms with E-state index in [2.05, 4.69) is 0 Å². The third-order valence-electron chi connectivity index (χ3n) is 0. The standard InChI is InChI=1S/4CH4.2CH3.U.V/h4*1H4;2*1H3;;/q;;;;2*-1;;. The number of rotatable bonds is 0. The third kappa shape index (κ3) is 126. The summed E-state index contributed by atoms with van der Waals surface area (Å²) in [7, 11) is 0. The van der Waals surface area contributed by atoms with E-state index in [0.717, 1.165) is 0 Å². The second-order valence-corrected chi connectivity index (χ2v) is 0. The van der Waals surface area contributed by atoms with Gasteiger partial charge in [-0.05, 0) is 0 Å². The quantitative estimate of drug-likeness (QED) is 0.563. The molecule has 0 N–H and O–H groups in total. The van der Waals surface area contributed by atoms with E-state index in [-0.39, 0.29) is 94.2 Å². The third-order valence-corrected chi connectivity index (χ3v) is 0. The Kier molecular flexibility index (Phi) is 6310. The molecule has 0 nitrogen and oxygen atoms in total. The van der Waals surface area contributed by atoms with Gasteiger partial charge in [-0.25, -0.2) is 0 Å². The minimum Gasteiger partial charge on any atom is -0.358 e. The fourth-order valence-electron chi connectivity index (χ4n) is 0. The largest absolute Gasteiger partial charge is 0.358 e. The van der Waals surface area contributed by atoms with Crippen LogP contribution in [0.2, 0.25) is 0 Å². The van der Waals surface area contributed by atoms with Gasteiger partial charge >= 0.3 is 0 Å². The summed E-state index contributed by atoms with van der Waals surface area (Å²) in [6.45, 7) is 0. The predicted octanol–water partition coefficient (Wildman–Crippen LogP) is 3.44. The second kappa shape index (κ2) is 188. The van der Waals surface area contributed by atoms with Crippen LogP contribution >= 0.6 is 0 Å². The van der Waals surface area contributed by atoms with E-state index in [1.807, 2.05) is 0 Å². The molecule has 0 atom stereocenters. The van der Waals surface area contributed by atoms with E-state index in [4.69, 9.17) is 0 Å². The van der Waals surface area contributed by atoms with Crippen LogP contribution in [0, 0.1) is 46.0 Å². The summed E-state index contributed by atoms with van der Waals surface area (Å²) >= 11 is 0. The predicted molar refractivity (Wildman–Crippen MR) is 39.8 cm³/mol. The van der Waals surface area contributed by atoms with Crippen LogP contribution in [0.5, 0.6) is 0 Å². The molecule has 0 unspecified atom stereocenters. The smallest absolute Gasteiger partial charge is 0 e. The van der Waals surface area contributed by atoms with Crippen molar-refractivity contribution in [2.45, 2.75) is 29.7 Å². The Morgan fingerprint density at radius 2 is 0.500 bits per heavy atom.